The number of carboxylic acids is 3. The van der Waals surface area contributed by atoms with Crippen LogP contribution in [0.5, 0.6) is 0 Å². The molecule has 0 fully saturated rings. The first kappa shape index (κ1) is 30.8. The summed E-state index contributed by atoms with van der Waals surface area (Å²) in [6, 6.07) is 0. The normalized spacial score (nSPS) is 9.18. The first-order valence-electron chi connectivity index (χ1n) is 5.33. The summed E-state index contributed by atoms with van der Waals surface area (Å²) in [5.74, 6) is -4.33. The van der Waals surface area contributed by atoms with Crippen molar-refractivity contribution in [1.29, 1.82) is 0 Å². The van der Waals surface area contributed by atoms with Gasteiger partial charge in [-0.2, -0.15) is 0 Å². The van der Waals surface area contributed by atoms with Crippen LogP contribution in [0, 0.1) is 0 Å². The van der Waals surface area contributed by atoms with Gasteiger partial charge in [0.2, 0.25) is 0 Å². The molecule has 0 aliphatic rings. The van der Waals surface area contributed by atoms with Crippen molar-refractivity contribution in [2.75, 3.05) is 39.3 Å². The van der Waals surface area contributed by atoms with Crippen molar-refractivity contribution in [3.05, 3.63) is 0 Å². The van der Waals surface area contributed by atoms with E-state index in [-0.39, 0.29) is 108 Å². The van der Waals surface area contributed by atoms with Gasteiger partial charge in [0, 0.05) is 32.7 Å². The molecule has 0 unspecified atom stereocenters. The molecule has 0 aliphatic carbocycles. The minimum absolute atomic E-state index is 0. The van der Waals surface area contributed by atoms with Gasteiger partial charge < -0.3 is 34.5 Å². The summed E-state index contributed by atoms with van der Waals surface area (Å²) in [5, 5.41) is 31.2. The molecule has 0 saturated heterocycles. The topological polar surface area (TPSA) is 144 Å². The Balaban J connectivity index is -0.000000540. The van der Waals surface area contributed by atoms with Crippen molar-refractivity contribution >= 4 is 24.2 Å². The summed E-state index contributed by atoms with van der Waals surface area (Å²) in [5.41, 5.74) is 0. The van der Waals surface area contributed by atoms with Crippen LogP contribution in [0.2, 0.25) is 0 Å². The standard InChI is InChI=1S/C10H16N2O7.3Na/c13-4-3-11(5-8(14)15)1-2-12(6-9(16)17)7-10(18)19;;;/h4H,1-3,5-7H2,(H,14,15)(H,16,17)(H,18,19);;;/q;3*+1/p-3. The molecular formula is C10H13N2Na3O7. The van der Waals surface area contributed by atoms with E-state index in [0.717, 1.165) is 4.90 Å². The zero-order chi connectivity index (χ0) is 14.8. The fourth-order valence-corrected chi connectivity index (χ4v) is 1.38. The molecule has 0 spiro atoms. The maximum Gasteiger partial charge on any atom is 1.00 e. The van der Waals surface area contributed by atoms with E-state index in [1.807, 2.05) is 0 Å². The zero-order valence-corrected chi connectivity index (χ0v) is 19.1. The van der Waals surface area contributed by atoms with Gasteiger partial charge in [-0.3, -0.25) is 9.80 Å². The van der Waals surface area contributed by atoms with Gasteiger partial charge in [-0.1, -0.05) is 0 Å². The summed E-state index contributed by atoms with van der Waals surface area (Å²) in [7, 11) is 0. The molecule has 0 radical (unpaired) electrons. The Kier molecular flexibility index (Phi) is 25.7. The molecule has 0 N–H and O–H groups in total. The second-order valence-electron chi connectivity index (χ2n) is 3.73. The minimum Gasteiger partial charge on any atom is -0.549 e. The zero-order valence-electron chi connectivity index (χ0n) is 13.1. The van der Waals surface area contributed by atoms with E-state index < -0.39 is 37.5 Å². The third kappa shape index (κ3) is 19.0. The van der Waals surface area contributed by atoms with Crippen LogP contribution >= 0.6 is 0 Å². The Morgan fingerprint density at radius 1 is 0.727 bits per heavy atom. The van der Waals surface area contributed by atoms with Crippen LogP contribution in [-0.4, -0.2) is 73.3 Å². The molecule has 0 aromatic carbocycles. The van der Waals surface area contributed by atoms with Gasteiger partial charge in [0.1, 0.15) is 6.29 Å². The molecule has 0 saturated carbocycles. The first-order valence-corrected chi connectivity index (χ1v) is 5.33. The number of carboxylic acid groups (broad SMARTS) is 3. The van der Waals surface area contributed by atoms with Crippen LogP contribution in [0.15, 0.2) is 0 Å². The summed E-state index contributed by atoms with van der Waals surface area (Å²) in [4.78, 5) is 43.7. The number of carbonyl (C=O) groups excluding carboxylic acids is 4. The summed E-state index contributed by atoms with van der Waals surface area (Å²) in [6.07, 6.45) is 0.477. The second-order valence-corrected chi connectivity index (χ2v) is 3.73. The fourth-order valence-electron chi connectivity index (χ4n) is 1.38. The van der Waals surface area contributed by atoms with E-state index in [2.05, 4.69) is 0 Å². The Bertz CT molecular complexity index is 341. The van der Waals surface area contributed by atoms with Gasteiger partial charge in [-0.15, -0.1) is 0 Å². The number of aliphatic carboxylic acids is 3. The number of rotatable bonds is 11. The molecule has 0 aliphatic heterocycles. The maximum absolute atomic E-state index is 10.4. The average molecular weight is 342 g/mol. The Hall–Kier alpha value is 1.00. The van der Waals surface area contributed by atoms with Crippen molar-refractivity contribution in [3.63, 3.8) is 0 Å². The number of carbonyl (C=O) groups is 4. The van der Waals surface area contributed by atoms with Gasteiger partial charge in [-0.25, -0.2) is 0 Å². The molecule has 0 atom stereocenters. The van der Waals surface area contributed by atoms with E-state index in [0.29, 0.717) is 6.29 Å². The summed E-state index contributed by atoms with van der Waals surface area (Å²) >= 11 is 0. The van der Waals surface area contributed by atoms with Crippen LogP contribution in [-0.2, 0) is 19.2 Å². The van der Waals surface area contributed by atoms with E-state index in [4.69, 9.17) is 0 Å². The molecule has 12 heteroatoms. The number of nitrogens with zero attached hydrogens (tertiary/aromatic N) is 2. The smallest absolute Gasteiger partial charge is 0.549 e. The van der Waals surface area contributed by atoms with Crippen molar-refractivity contribution in [2.45, 2.75) is 0 Å². The number of hydrogen-bond donors (Lipinski definition) is 0. The van der Waals surface area contributed by atoms with Crippen LogP contribution < -0.4 is 104 Å². The van der Waals surface area contributed by atoms with Gasteiger partial charge in [0.05, 0.1) is 24.5 Å². The first-order chi connectivity index (χ1) is 8.85. The maximum atomic E-state index is 10.4. The minimum atomic E-state index is -1.47. The fraction of sp³-hybridized carbons (Fsp3) is 0.600. The summed E-state index contributed by atoms with van der Waals surface area (Å²) < 4.78 is 0. The van der Waals surface area contributed by atoms with E-state index in [1.165, 1.54) is 4.90 Å². The molecule has 0 rings (SSSR count). The Morgan fingerprint density at radius 2 is 1.05 bits per heavy atom. The second kappa shape index (κ2) is 18.3. The van der Waals surface area contributed by atoms with Gasteiger partial charge >= 0.3 is 88.7 Å². The average Bonchev–Trinajstić information content (AvgIpc) is 2.23. The van der Waals surface area contributed by atoms with E-state index >= 15 is 0 Å². The molecule has 0 bridgehead atoms. The molecule has 0 aromatic heterocycles. The van der Waals surface area contributed by atoms with E-state index in [1.54, 1.807) is 0 Å². The van der Waals surface area contributed by atoms with Crippen molar-refractivity contribution < 1.29 is 123 Å². The number of hydrogen-bond acceptors (Lipinski definition) is 9. The third-order valence-electron chi connectivity index (χ3n) is 2.12. The van der Waals surface area contributed by atoms with Gasteiger partial charge in [-0.05, 0) is 0 Å². The Morgan fingerprint density at radius 3 is 1.36 bits per heavy atom. The van der Waals surface area contributed by atoms with Gasteiger partial charge in [0.15, 0.2) is 0 Å². The molecular weight excluding hydrogens is 329 g/mol. The predicted molar refractivity (Wildman–Crippen MR) is 54.0 cm³/mol. The Labute approximate surface area is 194 Å². The molecule has 0 aromatic rings. The molecule has 0 amide bonds. The monoisotopic (exact) mass is 342 g/mol. The van der Waals surface area contributed by atoms with Crippen LogP contribution in [0.4, 0.5) is 0 Å². The SMILES string of the molecule is O=CCN(CCN(CC(=O)[O-])CC(=O)[O-])CC(=O)[O-].[Na+].[Na+].[Na+]. The summed E-state index contributed by atoms with van der Waals surface area (Å²) in [6.45, 7) is -2.03. The molecule has 108 valence electrons. The largest absolute Gasteiger partial charge is 1.00 e. The van der Waals surface area contributed by atoms with Crippen LogP contribution in [0.3, 0.4) is 0 Å². The van der Waals surface area contributed by atoms with Crippen molar-refractivity contribution in [2.24, 2.45) is 0 Å². The quantitative estimate of drug-likeness (QED) is 0.264. The van der Waals surface area contributed by atoms with Crippen molar-refractivity contribution in [3.8, 4) is 0 Å². The molecule has 9 nitrogen and oxygen atoms in total. The van der Waals surface area contributed by atoms with Crippen LogP contribution in [0.1, 0.15) is 0 Å². The predicted octanol–water partition coefficient (Wildman–Crippen LogP) is -14.9. The molecule has 0 heterocycles. The van der Waals surface area contributed by atoms with Crippen molar-refractivity contribution in [1.82, 2.24) is 9.80 Å². The van der Waals surface area contributed by atoms with E-state index in [9.17, 15) is 34.5 Å². The molecule has 22 heavy (non-hydrogen) atoms. The third-order valence-corrected chi connectivity index (χ3v) is 2.12. The van der Waals surface area contributed by atoms with Gasteiger partial charge in [0.25, 0.3) is 0 Å². The number of aldehydes is 1. The van der Waals surface area contributed by atoms with Crippen LogP contribution in [0.25, 0.3) is 0 Å².